The number of aromatic nitrogens is 1. The lowest BCUT2D eigenvalue weighted by atomic mass is 10.3. The van der Waals surface area contributed by atoms with Gasteiger partial charge >= 0.3 is 0 Å². The van der Waals surface area contributed by atoms with Crippen LogP contribution in [-0.4, -0.2) is 4.98 Å². The van der Waals surface area contributed by atoms with Crippen LogP contribution in [0.5, 0.6) is 0 Å². The second-order valence-corrected chi connectivity index (χ2v) is 5.06. The van der Waals surface area contributed by atoms with Gasteiger partial charge in [-0.15, -0.1) is 11.3 Å². The molecule has 78 valence electrons. The highest BCUT2D eigenvalue weighted by Crippen LogP contribution is 2.17. The van der Waals surface area contributed by atoms with Crippen molar-refractivity contribution in [2.45, 2.75) is 13.5 Å². The summed E-state index contributed by atoms with van der Waals surface area (Å²) < 4.78 is 0.861. The van der Waals surface area contributed by atoms with E-state index in [1.807, 2.05) is 18.3 Å². The number of aryl methyl sites for hydroxylation is 1. The molecule has 0 aliphatic carbocycles. The molecular weight excluding hydrogens is 272 g/mol. The summed E-state index contributed by atoms with van der Waals surface area (Å²) in [6.07, 6.45) is 1.83. The minimum atomic E-state index is 0.861. The van der Waals surface area contributed by atoms with E-state index in [9.17, 15) is 0 Å². The number of nitrogens with zero attached hydrogens (tertiary/aromatic N) is 1. The average molecular weight is 283 g/mol. The molecule has 0 aliphatic rings. The molecule has 0 amide bonds. The smallest absolute Gasteiger partial charge is 0.106 e. The maximum absolute atomic E-state index is 4.16. The van der Waals surface area contributed by atoms with Gasteiger partial charge in [0.05, 0.1) is 11.9 Å². The van der Waals surface area contributed by atoms with Crippen LogP contribution in [0.1, 0.15) is 10.4 Å². The number of hydrogen-bond donors (Lipinski definition) is 1. The molecule has 15 heavy (non-hydrogen) atoms. The Morgan fingerprint density at radius 3 is 2.87 bits per heavy atom. The van der Waals surface area contributed by atoms with E-state index in [2.05, 4.69) is 44.6 Å². The number of halogens is 1. The van der Waals surface area contributed by atoms with Crippen LogP contribution >= 0.6 is 27.3 Å². The van der Waals surface area contributed by atoms with E-state index in [1.165, 1.54) is 10.4 Å². The second kappa shape index (κ2) is 4.77. The molecule has 2 heterocycles. The molecule has 0 aromatic carbocycles. The van der Waals surface area contributed by atoms with Crippen LogP contribution in [0, 0.1) is 6.92 Å². The Hall–Kier alpha value is -0.870. The van der Waals surface area contributed by atoms with Crippen LogP contribution in [0.15, 0.2) is 34.4 Å². The Balaban J connectivity index is 1.99. The third-order valence-corrected chi connectivity index (χ3v) is 3.64. The third-order valence-electron chi connectivity index (χ3n) is 2.15. The Morgan fingerprint density at radius 2 is 2.27 bits per heavy atom. The molecule has 0 fully saturated rings. The predicted octanol–water partition coefficient (Wildman–Crippen LogP) is 3.83. The van der Waals surface area contributed by atoms with Gasteiger partial charge in [-0.2, -0.15) is 0 Å². The summed E-state index contributed by atoms with van der Waals surface area (Å²) in [4.78, 5) is 5.53. The fourth-order valence-corrected chi connectivity index (χ4v) is 2.33. The van der Waals surface area contributed by atoms with Gasteiger partial charge in [-0.05, 0) is 52.0 Å². The summed E-state index contributed by atoms with van der Waals surface area (Å²) in [6, 6.07) is 6.09. The van der Waals surface area contributed by atoms with Gasteiger partial charge in [-0.1, -0.05) is 0 Å². The zero-order chi connectivity index (χ0) is 10.7. The average Bonchev–Trinajstić information content (AvgIpc) is 2.63. The summed E-state index contributed by atoms with van der Waals surface area (Å²) >= 11 is 5.09. The fourth-order valence-electron chi connectivity index (χ4n) is 1.25. The van der Waals surface area contributed by atoms with Crippen molar-refractivity contribution < 1.29 is 0 Å². The fraction of sp³-hybridized carbons (Fsp3) is 0.182. The van der Waals surface area contributed by atoms with Crippen molar-refractivity contribution in [2.75, 3.05) is 5.32 Å². The van der Waals surface area contributed by atoms with Gasteiger partial charge in [-0.25, -0.2) is 4.98 Å². The molecule has 1 N–H and O–H groups in total. The Morgan fingerprint density at radius 1 is 1.40 bits per heavy atom. The number of thiophene rings is 1. The molecule has 4 heteroatoms. The number of rotatable bonds is 3. The molecule has 0 saturated carbocycles. The van der Waals surface area contributed by atoms with Gasteiger partial charge in [0.25, 0.3) is 0 Å². The largest absolute Gasteiger partial charge is 0.379 e. The topological polar surface area (TPSA) is 24.9 Å². The molecular formula is C11H11BrN2S. The van der Waals surface area contributed by atoms with E-state index in [0.717, 1.165) is 16.8 Å². The highest BCUT2D eigenvalue weighted by Gasteiger charge is 1.99. The molecule has 2 aromatic heterocycles. The zero-order valence-electron chi connectivity index (χ0n) is 8.33. The van der Waals surface area contributed by atoms with Crippen molar-refractivity contribution in [1.29, 1.82) is 0 Å². The molecule has 2 aromatic rings. The van der Waals surface area contributed by atoms with Crippen LogP contribution in [0.4, 0.5) is 5.69 Å². The van der Waals surface area contributed by atoms with Crippen molar-refractivity contribution in [3.8, 4) is 0 Å². The minimum absolute atomic E-state index is 0.861. The van der Waals surface area contributed by atoms with E-state index < -0.39 is 0 Å². The summed E-state index contributed by atoms with van der Waals surface area (Å²) in [5.74, 6) is 0. The SMILES string of the molecule is Cc1ccsc1CNc1ccc(Br)nc1. The van der Waals surface area contributed by atoms with Crippen LogP contribution in [-0.2, 0) is 6.54 Å². The summed E-state index contributed by atoms with van der Waals surface area (Å²) in [7, 11) is 0. The molecule has 2 rings (SSSR count). The van der Waals surface area contributed by atoms with Gasteiger partial charge in [0.2, 0.25) is 0 Å². The van der Waals surface area contributed by atoms with Crippen LogP contribution in [0.3, 0.4) is 0 Å². The van der Waals surface area contributed by atoms with Crippen molar-refractivity contribution in [2.24, 2.45) is 0 Å². The lowest BCUT2D eigenvalue weighted by molar-refractivity contribution is 1.15. The maximum Gasteiger partial charge on any atom is 0.106 e. The quantitative estimate of drug-likeness (QED) is 0.866. The van der Waals surface area contributed by atoms with Crippen LogP contribution in [0.2, 0.25) is 0 Å². The monoisotopic (exact) mass is 282 g/mol. The highest BCUT2D eigenvalue weighted by molar-refractivity contribution is 9.10. The van der Waals surface area contributed by atoms with E-state index in [1.54, 1.807) is 11.3 Å². The molecule has 2 nitrogen and oxygen atoms in total. The standard InChI is InChI=1S/C11H11BrN2S/c1-8-4-5-15-10(8)7-13-9-2-3-11(12)14-6-9/h2-6,13H,7H2,1H3. The first-order valence-electron chi connectivity index (χ1n) is 4.64. The van der Waals surface area contributed by atoms with Crippen molar-refractivity contribution in [1.82, 2.24) is 4.98 Å². The van der Waals surface area contributed by atoms with Gasteiger partial charge in [0.1, 0.15) is 4.60 Å². The molecule has 0 aliphatic heterocycles. The molecule has 0 radical (unpaired) electrons. The minimum Gasteiger partial charge on any atom is -0.379 e. The van der Waals surface area contributed by atoms with Gasteiger partial charge in [0, 0.05) is 11.4 Å². The first kappa shape index (κ1) is 10.6. The molecule has 0 bridgehead atoms. The first-order valence-corrected chi connectivity index (χ1v) is 6.31. The van der Waals surface area contributed by atoms with E-state index >= 15 is 0 Å². The Bertz CT molecular complexity index is 436. The van der Waals surface area contributed by atoms with Gasteiger partial charge in [0.15, 0.2) is 0 Å². The first-order chi connectivity index (χ1) is 7.25. The Kier molecular flexibility index (Phi) is 3.38. The number of anilines is 1. The van der Waals surface area contributed by atoms with E-state index in [-0.39, 0.29) is 0 Å². The summed E-state index contributed by atoms with van der Waals surface area (Å²) in [5, 5.41) is 5.46. The number of hydrogen-bond acceptors (Lipinski definition) is 3. The number of pyridine rings is 1. The number of nitrogens with one attached hydrogen (secondary N) is 1. The normalized spacial score (nSPS) is 10.3. The van der Waals surface area contributed by atoms with Gasteiger partial charge < -0.3 is 5.32 Å². The molecule has 0 unspecified atom stereocenters. The van der Waals surface area contributed by atoms with Crippen LogP contribution in [0.25, 0.3) is 0 Å². The lowest BCUT2D eigenvalue weighted by Gasteiger charge is -2.04. The molecule has 0 spiro atoms. The third kappa shape index (κ3) is 2.79. The predicted molar refractivity (Wildman–Crippen MR) is 68.3 cm³/mol. The van der Waals surface area contributed by atoms with Crippen molar-refractivity contribution in [3.05, 3.63) is 44.8 Å². The molecule has 0 saturated heterocycles. The van der Waals surface area contributed by atoms with E-state index in [4.69, 9.17) is 0 Å². The maximum atomic E-state index is 4.16. The second-order valence-electron chi connectivity index (χ2n) is 3.25. The highest BCUT2D eigenvalue weighted by atomic mass is 79.9. The van der Waals surface area contributed by atoms with Crippen molar-refractivity contribution >= 4 is 33.0 Å². The summed E-state index contributed by atoms with van der Waals surface area (Å²) in [6.45, 7) is 3.00. The van der Waals surface area contributed by atoms with Gasteiger partial charge in [-0.3, -0.25) is 0 Å². The van der Waals surface area contributed by atoms with E-state index in [0.29, 0.717) is 0 Å². The van der Waals surface area contributed by atoms with Crippen molar-refractivity contribution in [3.63, 3.8) is 0 Å². The zero-order valence-corrected chi connectivity index (χ0v) is 10.7. The summed E-state index contributed by atoms with van der Waals surface area (Å²) in [5.41, 5.74) is 2.39. The molecule has 0 atom stereocenters. The Labute approximate surface area is 101 Å². The lowest BCUT2D eigenvalue weighted by Crippen LogP contribution is -1.98. The van der Waals surface area contributed by atoms with Crippen LogP contribution < -0.4 is 5.32 Å².